The Bertz CT molecular complexity index is 1100. The van der Waals surface area contributed by atoms with Gasteiger partial charge in [0, 0.05) is 25.1 Å². The van der Waals surface area contributed by atoms with Crippen molar-refractivity contribution in [3.05, 3.63) is 41.0 Å². The molecular formula is C25H32N4O3S. The van der Waals surface area contributed by atoms with E-state index < -0.39 is 29.0 Å². The molecule has 2 aromatic rings. The van der Waals surface area contributed by atoms with E-state index in [1.54, 1.807) is 16.2 Å². The Kier molecular flexibility index (Phi) is 6.05. The molecule has 1 saturated heterocycles. The fourth-order valence-electron chi connectivity index (χ4n) is 4.64. The molecule has 3 heterocycles. The second-order valence-electron chi connectivity index (χ2n) is 10.5. The van der Waals surface area contributed by atoms with Crippen molar-refractivity contribution in [2.45, 2.75) is 71.1 Å². The van der Waals surface area contributed by atoms with Crippen LogP contribution in [0, 0.1) is 12.3 Å². The van der Waals surface area contributed by atoms with Crippen molar-refractivity contribution in [1.82, 2.24) is 9.88 Å². The number of likely N-dealkylation sites (tertiary alicyclic amines) is 1. The van der Waals surface area contributed by atoms with E-state index in [4.69, 9.17) is 5.73 Å². The van der Waals surface area contributed by atoms with Crippen molar-refractivity contribution in [2.75, 3.05) is 6.54 Å². The highest BCUT2D eigenvalue weighted by molar-refractivity contribution is 7.13. The van der Waals surface area contributed by atoms with Crippen LogP contribution >= 0.6 is 11.3 Å². The number of carbonyl (C=O) groups is 2. The van der Waals surface area contributed by atoms with Crippen molar-refractivity contribution in [2.24, 2.45) is 16.1 Å². The smallest absolute Gasteiger partial charge is 0.256 e. The molecule has 2 amide bonds. The zero-order valence-corrected chi connectivity index (χ0v) is 20.6. The van der Waals surface area contributed by atoms with Crippen molar-refractivity contribution >= 4 is 28.9 Å². The largest absolute Gasteiger partial charge is 0.391 e. The minimum absolute atomic E-state index is 0.208. The lowest BCUT2D eigenvalue weighted by atomic mass is 9.78. The number of aliphatic hydroxyl groups is 1. The molecule has 2 aliphatic rings. The quantitative estimate of drug-likeness (QED) is 0.717. The third-order valence-electron chi connectivity index (χ3n) is 6.93. The van der Waals surface area contributed by atoms with Crippen LogP contribution in [0.2, 0.25) is 0 Å². The van der Waals surface area contributed by atoms with Crippen LogP contribution in [0.25, 0.3) is 10.4 Å². The van der Waals surface area contributed by atoms with E-state index in [-0.39, 0.29) is 18.4 Å². The maximum atomic E-state index is 13.1. The first kappa shape index (κ1) is 23.7. The first-order valence-corrected chi connectivity index (χ1v) is 12.2. The van der Waals surface area contributed by atoms with Crippen LogP contribution < -0.4 is 5.73 Å². The minimum Gasteiger partial charge on any atom is -0.391 e. The van der Waals surface area contributed by atoms with E-state index in [9.17, 15) is 14.7 Å². The number of aromatic nitrogens is 1. The summed E-state index contributed by atoms with van der Waals surface area (Å²) in [5.41, 5.74) is 10.4. The highest BCUT2D eigenvalue weighted by Crippen LogP contribution is 2.39. The van der Waals surface area contributed by atoms with Gasteiger partial charge in [-0.2, -0.15) is 0 Å². The highest BCUT2D eigenvalue weighted by Gasteiger charge is 2.48. The highest BCUT2D eigenvalue weighted by atomic mass is 32.1. The molecule has 0 spiro atoms. The molecule has 1 aromatic carbocycles. The van der Waals surface area contributed by atoms with Gasteiger partial charge in [-0.15, -0.1) is 11.3 Å². The molecular weight excluding hydrogens is 436 g/mol. The number of aryl methyl sites for hydroxylation is 1. The third kappa shape index (κ3) is 4.27. The van der Waals surface area contributed by atoms with Crippen LogP contribution in [0.4, 0.5) is 0 Å². The Labute approximate surface area is 198 Å². The van der Waals surface area contributed by atoms with E-state index >= 15 is 0 Å². The van der Waals surface area contributed by atoms with Crippen molar-refractivity contribution in [1.29, 1.82) is 0 Å². The number of thiazole rings is 1. The maximum Gasteiger partial charge on any atom is 0.256 e. The van der Waals surface area contributed by atoms with Gasteiger partial charge in [0.05, 0.1) is 39.7 Å². The molecule has 7 nitrogen and oxygen atoms in total. The minimum atomic E-state index is -0.801. The molecule has 33 heavy (non-hydrogen) atoms. The summed E-state index contributed by atoms with van der Waals surface area (Å²) in [6, 6.07) is 6.88. The predicted octanol–water partition coefficient (Wildman–Crippen LogP) is 3.08. The van der Waals surface area contributed by atoms with Gasteiger partial charge in [0.25, 0.3) is 5.91 Å². The van der Waals surface area contributed by atoms with E-state index in [1.165, 1.54) is 0 Å². The molecule has 3 N–H and O–H groups in total. The van der Waals surface area contributed by atoms with Crippen LogP contribution in [0.3, 0.4) is 0 Å². The second-order valence-corrected chi connectivity index (χ2v) is 11.4. The molecule has 176 valence electrons. The monoisotopic (exact) mass is 468 g/mol. The summed E-state index contributed by atoms with van der Waals surface area (Å²) < 4.78 is 0. The van der Waals surface area contributed by atoms with Gasteiger partial charge in [-0.3, -0.25) is 9.59 Å². The van der Waals surface area contributed by atoms with Gasteiger partial charge in [0.2, 0.25) is 5.91 Å². The van der Waals surface area contributed by atoms with E-state index in [0.29, 0.717) is 18.6 Å². The Hall–Kier alpha value is -2.42. The van der Waals surface area contributed by atoms with Gasteiger partial charge in [-0.1, -0.05) is 45.0 Å². The Balaban J connectivity index is 1.57. The van der Waals surface area contributed by atoms with Crippen LogP contribution in [0.15, 0.2) is 34.8 Å². The van der Waals surface area contributed by atoms with Gasteiger partial charge in [-0.25, -0.2) is 9.98 Å². The second kappa shape index (κ2) is 8.42. The molecule has 0 bridgehead atoms. The number of aliphatic hydroxyl groups excluding tert-OH is 1. The number of rotatable bonds is 4. The van der Waals surface area contributed by atoms with E-state index in [1.807, 2.05) is 64.4 Å². The molecule has 8 heteroatoms. The lowest BCUT2D eigenvalue weighted by Crippen LogP contribution is -2.53. The van der Waals surface area contributed by atoms with Crippen molar-refractivity contribution < 1.29 is 14.7 Å². The lowest BCUT2D eigenvalue weighted by Gasteiger charge is -2.33. The number of amides is 2. The van der Waals surface area contributed by atoms with Gasteiger partial charge in [0.15, 0.2) is 0 Å². The summed E-state index contributed by atoms with van der Waals surface area (Å²) in [4.78, 5) is 37.7. The number of hydrogen-bond acceptors (Lipinski definition) is 6. The number of aliphatic imine (C=N–C) groups is 1. The number of hydrogen-bond donors (Lipinski definition) is 2. The van der Waals surface area contributed by atoms with E-state index in [2.05, 4.69) is 9.98 Å². The SMILES string of the molecule is Cc1ncsc1-c1ccc([C@]2(C)CC(C3C[C@@H](O)CN3C(=O)[C@@H](N)C(C)(C)C)=NC2=O)cc1. The first-order chi connectivity index (χ1) is 15.4. The zero-order chi connectivity index (χ0) is 24.1. The summed E-state index contributed by atoms with van der Waals surface area (Å²) in [6.45, 7) is 9.85. The molecule has 2 aliphatic heterocycles. The summed E-state index contributed by atoms with van der Waals surface area (Å²) in [7, 11) is 0. The fraction of sp³-hybridized carbons (Fsp3) is 0.520. The number of nitrogens with zero attached hydrogens (tertiary/aromatic N) is 3. The van der Waals surface area contributed by atoms with Crippen LogP contribution in [0.1, 0.15) is 51.8 Å². The third-order valence-corrected chi connectivity index (χ3v) is 7.91. The molecule has 0 aliphatic carbocycles. The molecule has 0 radical (unpaired) electrons. The predicted molar refractivity (Wildman–Crippen MR) is 130 cm³/mol. The van der Waals surface area contributed by atoms with Crippen molar-refractivity contribution in [3.63, 3.8) is 0 Å². The van der Waals surface area contributed by atoms with Crippen LogP contribution in [0.5, 0.6) is 0 Å². The summed E-state index contributed by atoms with van der Waals surface area (Å²) in [6.07, 6.45) is 0.128. The van der Waals surface area contributed by atoms with Gasteiger partial charge in [0.1, 0.15) is 0 Å². The lowest BCUT2D eigenvalue weighted by molar-refractivity contribution is -0.135. The van der Waals surface area contributed by atoms with Gasteiger partial charge < -0.3 is 15.7 Å². The average molecular weight is 469 g/mol. The topological polar surface area (TPSA) is 109 Å². The van der Waals surface area contributed by atoms with Crippen LogP contribution in [-0.4, -0.2) is 57.2 Å². The van der Waals surface area contributed by atoms with E-state index in [0.717, 1.165) is 21.7 Å². The summed E-state index contributed by atoms with van der Waals surface area (Å²) in [5.74, 6) is -0.426. The average Bonchev–Trinajstić information content (AvgIpc) is 3.44. The molecule has 0 saturated carbocycles. The fourth-order valence-corrected chi connectivity index (χ4v) is 5.45. The zero-order valence-electron chi connectivity index (χ0n) is 19.8. The number of benzene rings is 1. The molecule has 1 aromatic heterocycles. The Morgan fingerprint density at radius 2 is 1.97 bits per heavy atom. The molecule has 1 unspecified atom stereocenters. The molecule has 4 rings (SSSR count). The molecule has 1 fully saturated rings. The molecule has 4 atom stereocenters. The summed E-state index contributed by atoms with van der Waals surface area (Å²) >= 11 is 1.59. The Morgan fingerprint density at radius 1 is 1.30 bits per heavy atom. The number of β-amino-alcohol motifs (C(OH)–C–C–N with tert-alkyl or cyclic N) is 1. The van der Waals surface area contributed by atoms with Crippen molar-refractivity contribution in [3.8, 4) is 10.4 Å². The summed E-state index contributed by atoms with van der Waals surface area (Å²) in [5, 5.41) is 10.3. The van der Waals surface area contributed by atoms with Gasteiger partial charge >= 0.3 is 0 Å². The normalized spacial score (nSPS) is 26.6. The maximum absolute atomic E-state index is 13.1. The Morgan fingerprint density at radius 3 is 2.55 bits per heavy atom. The number of carbonyl (C=O) groups excluding carboxylic acids is 2. The first-order valence-electron chi connectivity index (χ1n) is 11.3. The van der Waals surface area contributed by atoms with Gasteiger partial charge in [-0.05, 0) is 30.4 Å². The standard InChI is InChI=1S/C25H32N4O3S/c1-14-20(33-13-27-14)15-6-8-16(9-7-15)25(5)11-18(28-23(25)32)19-10-17(30)12-29(19)22(31)21(26)24(2,3)4/h6-9,13,17,19,21,30H,10-12,26H2,1-5H3/t17-,19?,21-,25+/m1/s1. The van der Waals surface area contributed by atoms with Crippen LogP contribution in [-0.2, 0) is 15.0 Å². The number of nitrogens with two attached hydrogens (primary N) is 1.